The van der Waals surface area contributed by atoms with Gasteiger partial charge in [0.25, 0.3) is 0 Å². The first-order valence-corrected chi connectivity index (χ1v) is 10.6. The molecule has 1 fully saturated rings. The molecule has 0 saturated carbocycles. The van der Waals surface area contributed by atoms with E-state index < -0.39 is 0 Å². The lowest BCUT2D eigenvalue weighted by molar-refractivity contribution is -0.147. The summed E-state index contributed by atoms with van der Waals surface area (Å²) in [7, 11) is 0. The quantitative estimate of drug-likeness (QED) is 0.284. The second kappa shape index (κ2) is 16.1. The van der Waals surface area contributed by atoms with Crippen molar-refractivity contribution in [1.82, 2.24) is 0 Å². The van der Waals surface area contributed by atoms with Crippen LogP contribution in [0, 0.1) is 0 Å². The summed E-state index contributed by atoms with van der Waals surface area (Å²) in [4.78, 5) is 23.2. The Labute approximate surface area is 159 Å². The van der Waals surface area contributed by atoms with Crippen LogP contribution in [0.5, 0.6) is 0 Å². The second-order valence-electron chi connectivity index (χ2n) is 7.22. The molecule has 5 nitrogen and oxygen atoms in total. The molecule has 26 heavy (non-hydrogen) atoms. The molecule has 1 heterocycles. The first kappa shape index (κ1) is 22.9. The Balaban J connectivity index is 1.82. The average molecular weight is 371 g/mol. The normalized spacial score (nSPS) is 16.6. The summed E-state index contributed by atoms with van der Waals surface area (Å²) in [6, 6.07) is 0. The summed E-state index contributed by atoms with van der Waals surface area (Å²) in [5.41, 5.74) is 0. The zero-order valence-electron chi connectivity index (χ0n) is 16.6. The molecule has 0 spiro atoms. The van der Waals surface area contributed by atoms with Crippen LogP contribution in [-0.2, 0) is 23.8 Å². The molecular weight excluding hydrogens is 332 g/mol. The third-order valence-electron chi connectivity index (χ3n) is 4.73. The lowest BCUT2D eigenvalue weighted by atomic mass is 10.1. The van der Waals surface area contributed by atoms with Gasteiger partial charge in [-0.25, -0.2) is 0 Å². The molecule has 1 aliphatic heterocycles. The van der Waals surface area contributed by atoms with Gasteiger partial charge < -0.3 is 14.2 Å². The average Bonchev–Trinajstić information content (AvgIpc) is 3.15. The Hall–Kier alpha value is -1.10. The van der Waals surface area contributed by atoms with Gasteiger partial charge in [0.2, 0.25) is 0 Å². The van der Waals surface area contributed by atoms with Crippen molar-refractivity contribution in [2.75, 3.05) is 19.8 Å². The molecule has 0 aromatic carbocycles. The van der Waals surface area contributed by atoms with Gasteiger partial charge in [-0.2, -0.15) is 0 Å². The van der Waals surface area contributed by atoms with Crippen molar-refractivity contribution in [3.63, 3.8) is 0 Å². The Morgan fingerprint density at radius 1 is 0.846 bits per heavy atom. The molecule has 0 aromatic heterocycles. The van der Waals surface area contributed by atoms with E-state index in [9.17, 15) is 9.59 Å². The predicted molar refractivity (Wildman–Crippen MR) is 102 cm³/mol. The zero-order valence-corrected chi connectivity index (χ0v) is 16.6. The van der Waals surface area contributed by atoms with Gasteiger partial charge in [0.05, 0.1) is 12.7 Å². The Morgan fingerprint density at radius 2 is 1.46 bits per heavy atom. The summed E-state index contributed by atoms with van der Waals surface area (Å²) < 4.78 is 15.8. The Kier molecular flexibility index (Phi) is 14.2. The maximum atomic E-state index is 11.6. The maximum Gasteiger partial charge on any atom is 0.305 e. The smallest absolute Gasteiger partial charge is 0.305 e. The zero-order chi connectivity index (χ0) is 18.9. The predicted octanol–water partition coefficient (Wildman–Crippen LogP) is 4.95. The van der Waals surface area contributed by atoms with Crippen LogP contribution in [0.2, 0.25) is 0 Å². The first-order chi connectivity index (χ1) is 12.7. The summed E-state index contributed by atoms with van der Waals surface area (Å²) in [6.45, 7) is 3.83. The standard InChI is InChI=1S/C21H38O5/c1-2-3-4-5-6-7-8-9-10-16-25-20(22)14-11-15-21(23)26-18-19-13-12-17-24-19/h19H,2-18H2,1H3. The van der Waals surface area contributed by atoms with E-state index in [1.165, 1.54) is 44.9 Å². The van der Waals surface area contributed by atoms with Gasteiger partial charge in [-0.1, -0.05) is 58.3 Å². The lowest BCUT2D eigenvalue weighted by Gasteiger charge is -2.10. The van der Waals surface area contributed by atoms with Crippen LogP contribution >= 0.6 is 0 Å². The Bertz CT molecular complexity index is 363. The van der Waals surface area contributed by atoms with Crippen molar-refractivity contribution in [2.24, 2.45) is 0 Å². The highest BCUT2D eigenvalue weighted by molar-refractivity contribution is 5.72. The minimum Gasteiger partial charge on any atom is -0.466 e. The molecule has 5 heteroatoms. The Morgan fingerprint density at radius 3 is 2.08 bits per heavy atom. The van der Waals surface area contributed by atoms with Crippen LogP contribution in [-0.4, -0.2) is 37.9 Å². The van der Waals surface area contributed by atoms with Crippen molar-refractivity contribution in [3.8, 4) is 0 Å². The molecule has 0 N–H and O–H groups in total. The molecule has 1 saturated heterocycles. The van der Waals surface area contributed by atoms with Gasteiger partial charge in [0, 0.05) is 19.4 Å². The van der Waals surface area contributed by atoms with Gasteiger partial charge in [0.1, 0.15) is 6.61 Å². The summed E-state index contributed by atoms with van der Waals surface area (Å²) >= 11 is 0. The monoisotopic (exact) mass is 370 g/mol. The van der Waals surface area contributed by atoms with Crippen molar-refractivity contribution in [1.29, 1.82) is 0 Å². The van der Waals surface area contributed by atoms with Gasteiger partial charge in [0.15, 0.2) is 0 Å². The highest BCUT2D eigenvalue weighted by Gasteiger charge is 2.17. The van der Waals surface area contributed by atoms with Crippen LogP contribution < -0.4 is 0 Å². The fraction of sp³-hybridized carbons (Fsp3) is 0.905. The van der Waals surface area contributed by atoms with E-state index >= 15 is 0 Å². The maximum absolute atomic E-state index is 11.6. The summed E-state index contributed by atoms with van der Waals surface area (Å²) in [6.07, 6.45) is 14.3. The van der Waals surface area contributed by atoms with Gasteiger partial charge in [-0.15, -0.1) is 0 Å². The van der Waals surface area contributed by atoms with Crippen LogP contribution in [0.3, 0.4) is 0 Å². The van der Waals surface area contributed by atoms with Crippen molar-refractivity contribution < 1.29 is 23.8 Å². The molecule has 1 aliphatic rings. The first-order valence-electron chi connectivity index (χ1n) is 10.6. The van der Waals surface area contributed by atoms with Gasteiger partial charge in [-0.3, -0.25) is 9.59 Å². The topological polar surface area (TPSA) is 61.8 Å². The molecule has 0 aromatic rings. The van der Waals surface area contributed by atoms with E-state index in [4.69, 9.17) is 14.2 Å². The van der Waals surface area contributed by atoms with E-state index in [2.05, 4.69) is 6.92 Å². The number of hydrogen-bond acceptors (Lipinski definition) is 5. The van der Waals surface area contributed by atoms with Crippen molar-refractivity contribution >= 4 is 11.9 Å². The van der Waals surface area contributed by atoms with Crippen LogP contribution in [0.15, 0.2) is 0 Å². The molecule has 152 valence electrons. The number of hydrogen-bond donors (Lipinski definition) is 0. The van der Waals surface area contributed by atoms with E-state index in [0.29, 0.717) is 19.6 Å². The number of carbonyl (C=O) groups is 2. The number of unbranched alkanes of at least 4 members (excludes halogenated alkanes) is 8. The number of ether oxygens (including phenoxy) is 3. The SMILES string of the molecule is CCCCCCCCCCCOC(=O)CCCC(=O)OCC1CCCO1. The molecule has 1 unspecified atom stereocenters. The van der Waals surface area contributed by atoms with E-state index in [-0.39, 0.29) is 30.9 Å². The van der Waals surface area contributed by atoms with Gasteiger partial charge >= 0.3 is 11.9 Å². The largest absolute Gasteiger partial charge is 0.466 e. The molecule has 0 amide bonds. The third kappa shape index (κ3) is 13.2. The molecule has 0 aliphatic carbocycles. The third-order valence-corrected chi connectivity index (χ3v) is 4.73. The van der Waals surface area contributed by atoms with E-state index in [1.54, 1.807) is 0 Å². The minimum atomic E-state index is -0.257. The van der Waals surface area contributed by atoms with Crippen molar-refractivity contribution in [3.05, 3.63) is 0 Å². The lowest BCUT2D eigenvalue weighted by Crippen LogP contribution is -2.17. The molecule has 1 rings (SSSR count). The molecule has 0 radical (unpaired) electrons. The van der Waals surface area contributed by atoms with Crippen LogP contribution in [0.4, 0.5) is 0 Å². The van der Waals surface area contributed by atoms with Crippen LogP contribution in [0.1, 0.15) is 96.8 Å². The highest BCUT2D eigenvalue weighted by Crippen LogP contribution is 2.13. The molecule has 1 atom stereocenters. The highest BCUT2D eigenvalue weighted by atomic mass is 16.6. The van der Waals surface area contributed by atoms with Gasteiger partial charge in [-0.05, 0) is 25.7 Å². The second-order valence-corrected chi connectivity index (χ2v) is 7.22. The van der Waals surface area contributed by atoms with E-state index in [1.807, 2.05) is 0 Å². The summed E-state index contributed by atoms with van der Waals surface area (Å²) in [5.74, 6) is -0.469. The fourth-order valence-corrected chi connectivity index (χ4v) is 3.08. The number of carbonyl (C=O) groups excluding carboxylic acids is 2. The fourth-order valence-electron chi connectivity index (χ4n) is 3.08. The molecular formula is C21H38O5. The number of esters is 2. The van der Waals surface area contributed by atoms with Crippen LogP contribution in [0.25, 0.3) is 0 Å². The molecule has 0 bridgehead atoms. The summed E-state index contributed by atoms with van der Waals surface area (Å²) in [5, 5.41) is 0. The minimum absolute atomic E-state index is 0.0558. The van der Waals surface area contributed by atoms with Crippen molar-refractivity contribution in [2.45, 2.75) is 103 Å². The van der Waals surface area contributed by atoms with E-state index in [0.717, 1.165) is 32.3 Å². The number of rotatable bonds is 16.